The Hall–Kier alpha value is -4.42. The molecule has 0 radical (unpaired) electrons. The van der Waals surface area contributed by atoms with Gasteiger partial charge >= 0.3 is 0 Å². The van der Waals surface area contributed by atoms with Gasteiger partial charge in [-0.15, -0.1) is 0 Å². The number of hydrogen-bond donors (Lipinski definition) is 1. The Bertz CT molecular complexity index is 1220. The van der Waals surface area contributed by atoms with Crippen LogP contribution in [0.5, 0.6) is 0 Å². The predicted octanol–water partition coefficient (Wildman–Crippen LogP) is 0.663. The van der Waals surface area contributed by atoms with Gasteiger partial charge in [0.2, 0.25) is 18.3 Å². The van der Waals surface area contributed by atoms with Gasteiger partial charge in [0, 0.05) is 52.8 Å². The Morgan fingerprint density at radius 2 is 1.80 bits per heavy atom. The summed E-state index contributed by atoms with van der Waals surface area (Å²) in [6.07, 6.45) is 9.01. The lowest BCUT2D eigenvalue weighted by molar-refractivity contribution is -0.116. The maximum Gasteiger partial charge on any atom is 0.273 e. The third-order valence-corrected chi connectivity index (χ3v) is 5.44. The lowest BCUT2D eigenvalue weighted by Crippen LogP contribution is -2.29. The molecule has 1 saturated heterocycles. The second-order valence-electron chi connectivity index (χ2n) is 8.24. The number of aromatic nitrogens is 6. The minimum absolute atomic E-state index is 0.123. The highest BCUT2D eigenvalue weighted by Gasteiger charge is 2.24. The van der Waals surface area contributed by atoms with Gasteiger partial charge < -0.3 is 24.6 Å². The van der Waals surface area contributed by atoms with Crippen LogP contribution in [0.15, 0.2) is 31.0 Å². The minimum Gasteiger partial charge on any atom is -0.343 e. The third kappa shape index (κ3) is 5.23. The van der Waals surface area contributed by atoms with Gasteiger partial charge in [-0.2, -0.15) is 0 Å². The van der Waals surface area contributed by atoms with Crippen LogP contribution in [0.1, 0.15) is 23.3 Å². The molecule has 35 heavy (non-hydrogen) atoms. The van der Waals surface area contributed by atoms with E-state index in [1.54, 1.807) is 32.6 Å². The Kier molecular flexibility index (Phi) is 6.94. The fourth-order valence-electron chi connectivity index (χ4n) is 3.65. The first-order valence-corrected chi connectivity index (χ1v) is 11.0. The highest BCUT2D eigenvalue weighted by molar-refractivity contribution is 6.00. The zero-order valence-corrected chi connectivity index (χ0v) is 19.7. The average molecular weight is 479 g/mol. The maximum absolute atomic E-state index is 12.8. The topological polar surface area (TPSA) is 142 Å². The fourth-order valence-corrected chi connectivity index (χ4v) is 3.65. The molecule has 1 fully saturated rings. The number of amides is 3. The standard InChI is InChI=1S/C22H26N10O3/c1-29(2)21(35)18-20(30(3)14-33)26-13-32(18)12-17(34)27-16-6-7-23-19(28-16)15-10-24-22(25-11-15)31-8-4-5-9-31/h6-7,10-11,13-14H,4-5,8-9,12H2,1-3H3,(H,23,27,28,34). The van der Waals surface area contributed by atoms with Crippen LogP contribution in [0.4, 0.5) is 17.6 Å². The third-order valence-electron chi connectivity index (χ3n) is 5.44. The molecule has 0 bridgehead atoms. The molecule has 13 nitrogen and oxygen atoms in total. The molecule has 0 spiro atoms. The number of carbonyl (C=O) groups excluding carboxylic acids is 3. The van der Waals surface area contributed by atoms with Crippen LogP contribution in [0.2, 0.25) is 0 Å². The van der Waals surface area contributed by atoms with E-state index in [2.05, 4.69) is 35.1 Å². The quantitative estimate of drug-likeness (QED) is 0.462. The van der Waals surface area contributed by atoms with Crippen LogP contribution < -0.4 is 15.1 Å². The van der Waals surface area contributed by atoms with Gasteiger partial charge in [0.1, 0.15) is 12.4 Å². The Morgan fingerprint density at radius 3 is 2.46 bits per heavy atom. The van der Waals surface area contributed by atoms with Crippen LogP contribution in [-0.4, -0.2) is 86.8 Å². The van der Waals surface area contributed by atoms with E-state index < -0.39 is 5.91 Å². The van der Waals surface area contributed by atoms with Crippen LogP contribution in [0.25, 0.3) is 11.4 Å². The summed E-state index contributed by atoms with van der Waals surface area (Å²) >= 11 is 0. The number of anilines is 3. The summed E-state index contributed by atoms with van der Waals surface area (Å²) in [5.74, 6) is 0.680. The number of nitrogens with one attached hydrogen (secondary N) is 1. The predicted molar refractivity (Wildman–Crippen MR) is 128 cm³/mol. The molecule has 0 saturated carbocycles. The second kappa shape index (κ2) is 10.2. The first-order valence-electron chi connectivity index (χ1n) is 11.0. The van der Waals surface area contributed by atoms with Crippen LogP contribution in [0, 0.1) is 0 Å². The number of carbonyl (C=O) groups is 3. The van der Waals surface area contributed by atoms with Crippen molar-refractivity contribution >= 4 is 35.8 Å². The van der Waals surface area contributed by atoms with Crippen molar-refractivity contribution in [3.8, 4) is 11.4 Å². The van der Waals surface area contributed by atoms with Gasteiger partial charge in [-0.1, -0.05) is 0 Å². The zero-order chi connectivity index (χ0) is 24.9. The van der Waals surface area contributed by atoms with Crippen molar-refractivity contribution in [2.24, 2.45) is 0 Å². The van der Waals surface area contributed by atoms with E-state index in [0.717, 1.165) is 25.9 Å². The summed E-state index contributed by atoms with van der Waals surface area (Å²) < 4.78 is 1.39. The van der Waals surface area contributed by atoms with E-state index in [1.807, 2.05) is 0 Å². The molecule has 3 aromatic heterocycles. The largest absolute Gasteiger partial charge is 0.343 e. The number of nitrogens with zero attached hydrogens (tertiary/aromatic N) is 9. The van der Waals surface area contributed by atoms with Crippen molar-refractivity contribution < 1.29 is 14.4 Å². The monoisotopic (exact) mass is 478 g/mol. The van der Waals surface area contributed by atoms with Crippen molar-refractivity contribution in [2.75, 3.05) is 49.3 Å². The summed E-state index contributed by atoms with van der Waals surface area (Å²) in [5.41, 5.74) is 0.748. The normalized spacial score (nSPS) is 12.9. The number of imidazole rings is 1. The molecule has 0 aromatic carbocycles. The Morgan fingerprint density at radius 1 is 1.09 bits per heavy atom. The molecule has 1 N–H and O–H groups in total. The van der Waals surface area contributed by atoms with Crippen molar-refractivity contribution in [3.63, 3.8) is 0 Å². The molecule has 4 rings (SSSR count). The maximum atomic E-state index is 12.8. The van der Waals surface area contributed by atoms with Crippen LogP contribution >= 0.6 is 0 Å². The summed E-state index contributed by atoms with van der Waals surface area (Å²) in [5, 5.41) is 2.71. The lowest BCUT2D eigenvalue weighted by Gasteiger charge is -2.16. The molecule has 4 heterocycles. The molecule has 1 aliphatic rings. The van der Waals surface area contributed by atoms with Gasteiger partial charge in [0.05, 0.1) is 11.9 Å². The van der Waals surface area contributed by atoms with Gasteiger partial charge in [0.25, 0.3) is 5.91 Å². The molecule has 1 aliphatic heterocycles. The van der Waals surface area contributed by atoms with E-state index in [-0.39, 0.29) is 29.8 Å². The molecular formula is C22H26N10O3. The minimum atomic E-state index is -0.430. The van der Waals surface area contributed by atoms with Crippen LogP contribution in [-0.2, 0) is 16.1 Å². The number of rotatable bonds is 8. The van der Waals surface area contributed by atoms with Crippen molar-refractivity contribution in [2.45, 2.75) is 19.4 Å². The summed E-state index contributed by atoms with van der Waals surface area (Å²) in [6, 6.07) is 1.56. The molecule has 182 valence electrons. The summed E-state index contributed by atoms with van der Waals surface area (Å²) in [7, 11) is 4.64. The zero-order valence-electron chi connectivity index (χ0n) is 19.7. The van der Waals surface area contributed by atoms with Crippen molar-refractivity contribution in [1.29, 1.82) is 0 Å². The summed E-state index contributed by atoms with van der Waals surface area (Å²) in [6.45, 7) is 1.69. The highest BCUT2D eigenvalue weighted by atomic mass is 16.2. The van der Waals surface area contributed by atoms with E-state index in [9.17, 15) is 14.4 Å². The SMILES string of the molecule is CN(C)C(=O)c1c(N(C)C=O)ncn1CC(=O)Nc1ccnc(-c2cnc(N3CCCC3)nc2)n1. The lowest BCUT2D eigenvalue weighted by atomic mass is 10.3. The van der Waals surface area contributed by atoms with Gasteiger partial charge in [0.15, 0.2) is 17.3 Å². The van der Waals surface area contributed by atoms with E-state index in [0.29, 0.717) is 23.7 Å². The summed E-state index contributed by atoms with van der Waals surface area (Å²) in [4.78, 5) is 62.9. The Labute approximate surface area is 201 Å². The van der Waals surface area contributed by atoms with Crippen molar-refractivity contribution in [1.82, 2.24) is 34.4 Å². The second-order valence-corrected chi connectivity index (χ2v) is 8.24. The van der Waals surface area contributed by atoms with Gasteiger partial charge in [-0.05, 0) is 18.9 Å². The average Bonchev–Trinajstić information content (AvgIpc) is 3.54. The molecule has 13 heteroatoms. The van der Waals surface area contributed by atoms with Gasteiger partial charge in [-0.3, -0.25) is 14.4 Å². The molecular weight excluding hydrogens is 452 g/mol. The van der Waals surface area contributed by atoms with E-state index in [1.165, 1.54) is 33.9 Å². The number of hydrogen-bond acceptors (Lipinski definition) is 9. The first-order chi connectivity index (χ1) is 16.9. The first kappa shape index (κ1) is 23.7. The molecule has 0 unspecified atom stereocenters. The fraction of sp³-hybridized carbons (Fsp3) is 0.364. The van der Waals surface area contributed by atoms with Gasteiger partial charge in [-0.25, -0.2) is 24.9 Å². The molecule has 3 aromatic rings. The molecule has 0 atom stereocenters. The Balaban J connectivity index is 1.48. The molecule has 3 amide bonds. The van der Waals surface area contributed by atoms with E-state index in [4.69, 9.17) is 0 Å². The van der Waals surface area contributed by atoms with Crippen molar-refractivity contribution in [3.05, 3.63) is 36.7 Å². The van der Waals surface area contributed by atoms with E-state index >= 15 is 0 Å². The smallest absolute Gasteiger partial charge is 0.273 e. The molecule has 0 aliphatic carbocycles. The van der Waals surface area contributed by atoms with Crippen LogP contribution in [0.3, 0.4) is 0 Å². The highest BCUT2D eigenvalue weighted by Crippen LogP contribution is 2.20.